The number of nitriles is 1. The van der Waals surface area contributed by atoms with Gasteiger partial charge >= 0.3 is 0 Å². The minimum Gasteiger partial charge on any atom is -0.356 e. The van der Waals surface area contributed by atoms with E-state index in [0.29, 0.717) is 19.4 Å². The fraction of sp³-hybridized carbons (Fsp3) is 0.529. The summed E-state index contributed by atoms with van der Waals surface area (Å²) in [4.78, 5) is 14.5. The number of likely N-dealkylation sites (tertiary alicyclic amines) is 1. The number of amides is 1. The summed E-state index contributed by atoms with van der Waals surface area (Å²) in [6.07, 6.45) is 2.80. The first-order chi connectivity index (χ1) is 11.9. The molecule has 2 rings (SSSR count). The number of primary sulfonamides is 1. The largest absolute Gasteiger partial charge is 0.356 e. The number of sulfonamides is 1. The molecular formula is C17H24N4O3S. The van der Waals surface area contributed by atoms with Gasteiger partial charge in [0.1, 0.15) is 0 Å². The molecule has 136 valence electrons. The highest BCUT2D eigenvalue weighted by molar-refractivity contribution is 7.89. The first-order valence-electron chi connectivity index (χ1n) is 8.39. The lowest BCUT2D eigenvalue weighted by molar-refractivity contribution is -0.126. The van der Waals surface area contributed by atoms with E-state index in [4.69, 9.17) is 10.4 Å². The van der Waals surface area contributed by atoms with Gasteiger partial charge in [0, 0.05) is 25.4 Å². The molecule has 8 heteroatoms. The van der Waals surface area contributed by atoms with Gasteiger partial charge in [0.15, 0.2) is 0 Å². The van der Waals surface area contributed by atoms with Gasteiger partial charge in [-0.05, 0) is 50.0 Å². The number of nitrogens with one attached hydrogen (secondary N) is 1. The van der Waals surface area contributed by atoms with Crippen LogP contribution < -0.4 is 10.5 Å². The van der Waals surface area contributed by atoms with Gasteiger partial charge in [-0.1, -0.05) is 12.1 Å². The highest BCUT2D eigenvalue weighted by atomic mass is 32.2. The van der Waals surface area contributed by atoms with E-state index in [1.54, 1.807) is 12.1 Å². The van der Waals surface area contributed by atoms with Crippen LogP contribution in [0.15, 0.2) is 29.2 Å². The summed E-state index contributed by atoms with van der Waals surface area (Å²) >= 11 is 0. The molecule has 0 radical (unpaired) electrons. The summed E-state index contributed by atoms with van der Waals surface area (Å²) in [7, 11) is -3.67. The van der Waals surface area contributed by atoms with Crippen LogP contribution in [0.4, 0.5) is 0 Å². The Labute approximate surface area is 148 Å². The average molecular weight is 364 g/mol. The second-order valence-electron chi connectivity index (χ2n) is 6.25. The van der Waals surface area contributed by atoms with Crippen molar-refractivity contribution in [2.75, 3.05) is 26.2 Å². The lowest BCUT2D eigenvalue weighted by Gasteiger charge is -2.30. The van der Waals surface area contributed by atoms with Crippen LogP contribution in [0.3, 0.4) is 0 Å². The van der Waals surface area contributed by atoms with E-state index in [1.165, 1.54) is 12.1 Å². The lowest BCUT2D eigenvalue weighted by atomic mass is 9.95. The average Bonchev–Trinajstić information content (AvgIpc) is 2.60. The quantitative estimate of drug-likeness (QED) is 0.735. The van der Waals surface area contributed by atoms with E-state index in [-0.39, 0.29) is 16.7 Å². The molecule has 1 aliphatic heterocycles. The maximum atomic E-state index is 12.2. The lowest BCUT2D eigenvalue weighted by Crippen LogP contribution is -2.41. The summed E-state index contributed by atoms with van der Waals surface area (Å²) < 4.78 is 22.4. The number of nitrogens with zero attached hydrogens (tertiary/aromatic N) is 2. The van der Waals surface area contributed by atoms with E-state index >= 15 is 0 Å². The van der Waals surface area contributed by atoms with Crippen LogP contribution in [0.1, 0.15) is 24.8 Å². The topological polar surface area (TPSA) is 116 Å². The van der Waals surface area contributed by atoms with Gasteiger partial charge in [-0.15, -0.1) is 0 Å². The van der Waals surface area contributed by atoms with Crippen LogP contribution in [0.25, 0.3) is 0 Å². The summed E-state index contributed by atoms with van der Waals surface area (Å²) in [5.41, 5.74) is 0.944. The molecule has 1 aliphatic rings. The minimum atomic E-state index is -3.67. The zero-order valence-corrected chi connectivity index (χ0v) is 15.0. The van der Waals surface area contributed by atoms with Crippen molar-refractivity contribution in [2.45, 2.75) is 30.6 Å². The summed E-state index contributed by atoms with van der Waals surface area (Å²) in [6.45, 7) is 3.01. The van der Waals surface area contributed by atoms with E-state index in [0.717, 1.165) is 38.0 Å². The van der Waals surface area contributed by atoms with Crippen molar-refractivity contribution in [1.82, 2.24) is 10.2 Å². The van der Waals surface area contributed by atoms with Gasteiger partial charge in [0.2, 0.25) is 15.9 Å². The molecule has 1 saturated heterocycles. The molecule has 0 atom stereocenters. The molecule has 1 heterocycles. The van der Waals surface area contributed by atoms with Gasteiger partial charge in [-0.25, -0.2) is 13.6 Å². The fourth-order valence-electron chi connectivity index (χ4n) is 2.95. The van der Waals surface area contributed by atoms with Gasteiger partial charge in [0.25, 0.3) is 0 Å². The van der Waals surface area contributed by atoms with Crippen molar-refractivity contribution in [1.29, 1.82) is 5.26 Å². The Morgan fingerprint density at radius 1 is 1.28 bits per heavy atom. The van der Waals surface area contributed by atoms with Crippen molar-refractivity contribution >= 4 is 15.9 Å². The molecular weight excluding hydrogens is 340 g/mol. The second-order valence-corrected chi connectivity index (χ2v) is 7.82. The molecule has 3 N–H and O–H groups in total. The Kier molecular flexibility index (Phi) is 6.93. The Bertz CT molecular complexity index is 717. The molecule has 0 bridgehead atoms. The highest BCUT2D eigenvalue weighted by Crippen LogP contribution is 2.17. The third-order valence-corrected chi connectivity index (χ3v) is 5.39. The number of nitrogens with two attached hydrogens (primary N) is 1. The normalized spacial score (nSPS) is 16.3. The van der Waals surface area contributed by atoms with Gasteiger partial charge < -0.3 is 10.2 Å². The minimum absolute atomic E-state index is 0.0306. The Morgan fingerprint density at radius 2 is 1.92 bits per heavy atom. The molecule has 1 aromatic rings. The zero-order valence-electron chi connectivity index (χ0n) is 14.1. The van der Waals surface area contributed by atoms with Crippen LogP contribution in [-0.2, 0) is 21.2 Å². The molecule has 1 aromatic carbocycles. The van der Waals surface area contributed by atoms with Crippen molar-refractivity contribution in [3.63, 3.8) is 0 Å². The molecule has 0 aromatic heterocycles. The van der Waals surface area contributed by atoms with E-state index in [2.05, 4.69) is 16.3 Å². The van der Waals surface area contributed by atoms with Gasteiger partial charge in [-0.2, -0.15) is 5.26 Å². The number of hydrogen-bond acceptors (Lipinski definition) is 5. The van der Waals surface area contributed by atoms with Crippen molar-refractivity contribution < 1.29 is 13.2 Å². The molecule has 0 aliphatic carbocycles. The summed E-state index contributed by atoms with van der Waals surface area (Å²) in [5.74, 6) is 0.101. The number of carbonyl (C=O) groups excluding carboxylic acids is 1. The summed E-state index contributed by atoms with van der Waals surface area (Å²) in [6, 6.07) is 8.51. The molecule has 0 saturated carbocycles. The van der Waals surface area contributed by atoms with E-state index < -0.39 is 10.0 Å². The molecule has 0 spiro atoms. The van der Waals surface area contributed by atoms with Crippen molar-refractivity contribution in [3.05, 3.63) is 29.8 Å². The predicted octanol–water partition coefficient (Wildman–Crippen LogP) is 0.618. The molecule has 7 nitrogen and oxygen atoms in total. The number of rotatable bonds is 7. The Hall–Kier alpha value is -1.95. The van der Waals surface area contributed by atoms with E-state index in [1.807, 2.05) is 0 Å². The molecule has 0 unspecified atom stereocenters. The number of piperidine rings is 1. The Balaban J connectivity index is 1.71. The van der Waals surface area contributed by atoms with Crippen LogP contribution in [0.2, 0.25) is 0 Å². The molecule has 1 fully saturated rings. The SMILES string of the molecule is N#CCCN1CCC(C(=O)NCCc2ccc(S(N)(=O)=O)cc2)CC1. The van der Waals surface area contributed by atoms with Crippen LogP contribution >= 0.6 is 0 Å². The third kappa shape index (κ3) is 6.12. The maximum absolute atomic E-state index is 12.2. The number of benzene rings is 1. The van der Waals surface area contributed by atoms with Crippen molar-refractivity contribution in [2.24, 2.45) is 11.1 Å². The first-order valence-corrected chi connectivity index (χ1v) is 9.93. The van der Waals surface area contributed by atoms with Crippen LogP contribution in [0, 0.1) is 17.2 Å². The summed E-state index contributed by atoms with van der Waals surface area (Å²) in [5, 5.41) is 16.6. The number of hydrogen-bond donors (Lipinski definition) is 2. The number of carbonyl (C=O) groups is 1. The first kappa shape index (κ1) is 19.4. The van der Waals surface area contributed by atoms with E-state index in [9.17, 15) is 13.2 Å². The zero-order chi connectivity index (χ0) is 18.3. The Morgan fingerprint density at radius 3 is 2.48 bits per heavy atom. The van der Waals surface area contributed by atoms with Crippen LogP contribution in [0.5, 0.6) is 0 Å². The predicted molar refractivity (Wildman–Crippen MR) is 93.9 cm³/mol. The van der Waals surface area contributed by atoms with Gasteiger partial charge in [-0.3, -0.25) is 4.79 Å². The highest BCUT2D eigenvalue weighted by Gasteiger charge is 2.24. The third-order valence-electron chi connectivity index (χ3n) is 4.46. The van der Waals surface area contributed by atoms with Crippen LogP contribution in [-0.4, -0.2) is 45.4 Å². The fourth-order valence-corrected chi connectivity index (χ4v) is 3.46. The molecule has 1 amide bonds. The second kappa shape index (κ2) is 8.94. The smallest absolute Gasteiger partial charge is 0.238 e. The van der Waals surface area contributed by atoms with Crippen molar-refractivity contribution in [3.8, 4) is 6.07 Å². The maximum Gasteiger partial charge on any atom is 0.238 e. The molecule has 25 heavy (non-hydrogen) atoms. The monoisotopic (exact) mass is 364 g/mol. The standard InChI is InChI=1S/C17H24N4O3S/c18-9-1-11-21-12-7-15(8-13-21)17(22)20-10-6-14-2-4-16(5-3-14)25(19,23)24/h2-5,15H,1,6-8,10-13H2,(H,20,22)(H2,19,23,24). The van der Waals surface area contributed by atoms with Gasteiger partial charge in [0.05, 0.1) is 11.0 Å².